The minimum Gasteiger partial charge on any atom is -0.330 e. The highest BCUT2D eigenvalue weighted by Crippen LogP contribution is 2.44. The molecule has 4 nitrogen and oxygen atoms in total. The number of rotatable bonds is 5. The lowest BCUT2D eigenvalue weighted by atomic mass is 10.0. The fourth-order valence-corrected chi connectivity index (χ4v) is 3.38. The van der Waals surface area contributed by atoms with Gasteiger partial charge in [0.25, 0.3) is 0 Å². The van der Waals surface area contributed by atoms with Crippen LogP contribution in [-0.2, 0) is 10.0 Å². The first-order valence-electron chi connectivity index (χ1n) is 5.27. The molecule has 0 heterocycles. The molecule has 2 rings (SSSR count). The Morgan fingerprint density at radius 1 is 1.36 bits per heavy atom. The third-order valence-electron chi connectivity index (χ3n) is 3.53. The lowest BCUT2D eigenvalue weighted by Crippen LogP contribution is -2.42. The van der Waals surface area contributed by atoms with Crippen LogP contribution in [0.5, 0.6) is 0 Å². The zero-order valence-electron chi connectivity index (χ0n) is 8.33. The maximum Gasteiger partial charge on any atom is 0.214 e. The van der Waals surface area contributed by atoms with E-state index in [-0.39, 0.29) is 10.7 Å². The van der Waals surface area contributed by atoms with E-state index in [0.717, 1.165) is 32.1 Å². The molecule has 0 aromatic heterocycles. The van der Waals surface area contributed by atoms with E-state index in [2.05, 4.69) is 4.72 Å². The van der Waals surface area contributed by atoms with Crippen LogP contribution in [-0.4, -0.2) is 26.8 Å². The van der Waals surface area contributed by atoms with Gasteiger partial charge < -0.3 is 5.73 Å². The van der Waals surface area contributed by atoms with E-state index in [1.54, 1.807) is 0 Å². The Morgan fingerprint density at radius 2 is 2.00 bits per heavy atom. The second kappa shape index (κ2) is 3.47. The van der Waals surface area contributed by atoms with E-state index in [4.69, 9.17) is 5.73 Å². The van der Waals surface area contributed by atoms with Crippen LogP contribution in [0.25, 0.3) is 0 Å². The second-order valence-corrected chi connectivity index (χ2v) is 6.67. The van der Waals surface area contributed by atoms with E-state index in [9.17, 15) is 8.42 Å². The first-order valence-corrected chi connectivity index (χ1v) is 6.81. The van der Waals surface area contributed by atoms with Crippen LogP contribution in [0.1, 0.15) is 32.1 Å². The van der Waals surface area contributed by atoms with Crippen molar-refractivity contribution in [2.45, 2.75) is 37.4 Å². The molecule has 0 aromatic rings. The van der Waals surface area contributed by atoms with Gasteiger partial charge in [-0.05, 0) is 37.6 Å². The quantitative estimate of drug-likeness (QED) is 0.692. The van der Waals surface area contributed by atoms with Gasteiger partial charge in [-0.25, -0.2) is 13.1 Å². The van der Waals surface area contributed by atoms with Crippen LogP contribution >= 0.6 is 0 Å². The Balaban J connectivity index is 1.84. The average molecular weight is 218 g/mol. The molecule has 0 amide bonds. The summed E-state index contributed by atoms with van der Waals surface area (Å²) in [4.78, 5) is 0. The molecule has 14 heavy (non-hydrogen) atoms. The zero-order valence-corrected chi connectivity index (χ0v) is 9.15. The SMILES string of the molecule is NCC1(CNS(=O)(=O)C2CCC2)CC1. The summed E-state index contributed by atoms with van der Waals surface area (Å²) in [5.74, 6) is 0. The molecule has 0 spiro atoms. The minimum atomic E-state index is -3.03. The van der Waals surface area contributed by atoms with Gasteiger partial charge in [-0.15, -0.1) is 0 Å². The highest BCUT2D eigenvalue weighted by molar-refractivity contribution is 7.90. The third-order valence-corrected chi connectivity index (χ3v) is 5.43. The highest BCUT2D eigenvalue weighted by Gasteiger charge is 2.42. The molecular formula is C9H18N2O2S. The van der Waals surface area contributed by atoms with Crippen molar-refractivity contribution in [1.29, 1.82) is 0 Å². The molecule has 2 fully saturated rings. The number of hydrogen-bond acceptors (Lipinski definition) is 3. The maximum atomic E-state index is 11.7. The zero-order chi connectivity index (χ0) is 10.2. The lowest BCUT2D eigenvalue weighted by molar-refractivity contribution is 0.454. The highest BCUT2D eigenvalue weighted by atomic mass is 32.2. The molecule has 82 valence electrons. The largest absolute Gasteiger partial charge is 0.330 e. The number of nitrogens with one attached hydrogen (secondary N) is 1. The Bertz CT molecular complexity index is 305. The number of hydrogen-bond donors (Lipinski definition) is 2. The second-order valence-electron chi connectivity index (χ2n) is 4.62. The number of sulfonamides is 1. The predicted octanol–water partition coefficient (Wildman–Crippen LogP) is 0.197. The van der Waals surface area contributed by atoms with Gasteiger partial charge in [0.15, 0.2) is 0 Å². The van der Waals surface area contributed by atoms with Gasteiger partial charge in [0.2, 0.25) is 10.0 Å². The van der Waals surface area contributed by atoms with Gasteiger partial charge in [0.1, 0.15) is 0 Å². The molecule has 0 saturated heterocycles. The Labute approximate surface area is 85.3 Å². The summed E-state index contributed by atoms with van der Waals surface area (Å²) >= 11 is 0. The summed E-state index contributed by atoms with van der Waals surface area (Å²) < 4.78 is 26.0. The molecule has 2 aliphatic carbocycles. The van der Waals surface area contributed by atoms with E-state index in [0.29, 0.717) is 13.1 Å². The Morgan fingerprint density at radius 3 is 2.36 bits per heavy atom. The van der Waals surface area contributed by atoms with E-state index >= 15 is 0 Å². The first-order chi connectivity index (χ1) is 6.58. The van der Waals surface area contributed by atoms with Crippen molar-refractivity contribution in [1.82, 2.24) is 4.72 Å². The summed E-state index contributed by atoms with van der Waals surface area (Å²) in [5.41, 5.74) is 5.68. The van der Waals surface area contributed by atoms with E-state index in [1.807, 2.05) is 0 Å². The third kappa shape index (κ3) is 1.94. The fraction of sp³-hybridized carbons (Fsp3) is 1.00. The summed E-state index contributed by atoms with van der Waals surface area (Å²) in [6.45, 7) is 1.14. The monoisotopic (exact) mass is 218 g/mol. The summed E-state index contributed by atoms with van der Waals surface area (Å²) in [7, 11) is -3.03. The van der Waals surface area contributed by atoms with Crippen molar-refractivity contribution >= 4 is 10.0 Å². The molecular weight excluding hydrogens is 200 g/mol. The van der Waals surface area contributed by atoms with Crippen LogP contribution in [0, 0.1) is 5.41 Å². The van der Waals surface area contributed by atoms with Crippen molar-refractivity contribution in [3.8, 4) is 0 Å². The van der Waals surface area contributed by atoms with Crippen molar-refractivity contribution in [2.75, 3.05) is 13.1 Å². The van der Waals surface area contributed by atoms with Crippen molar-refractivity contribution in [2.24, 2.45) is 11.1 Å². The van der Waals surface area contributed by atoms with E-state index in [1.165, 1.54) is 0 Å². The molecule has 0 aliphatic heterocycles. The molecule has 0 unspecified atom stereocenters. The molecule has 0 aromatic carbocycles. The van der Waals surface area contributed by atoms with E-state index < -0.39 is 10.0 Å². The average Bonchev–Trinajstić information content (AvgIpc) is 2.77. The molecule has 0 atom stereocenters. The van der Waals surface area contributed by atoms with Crippen LogP contribution in [0.3, 0.4) is 0 Å². The van der Waals surface area contributed by atoms with Crippen LogP contribution in [0.15, 0.2) is 0 Å². The van der Waals surface area contributed by atoms with Gasteiger partial charge >= 0.3 is 0 Å². The number of nitrogens with two attached hydrogens (primary N) is 1. The predicted molar refractivity (Wildman–Crippen MR) is 55.3 cm³/mol. The fourth-order valence-electron chi connectivity index (χ4n) is 1.68. The van der Waals surface area contributed by atoms with Crippen molar-refractivity contribution < 1.29 is 8.42 Å². The molecule has 0 radical (unpaired) electrons. The molecule has 2 aliphatic rings. The van der Waals surface area contributed by atoms with Crippen LogP contribution in [0.4, 0.5) is 0 Å². The standard InChI is InChI=1S/C9H18N2O2S/c10-6-9(4-5-9)7-11-14(12,13)8-2-1-3-8/h8,11H,1-7,10H2. The summed E-state index contributed by atoms with van der Waals surface area (Å²) in [6, 6.07) is 0. The smallest absolute Gasteiger partial charge is 0.214 e. The van der Waals surface area contributed by atoms with Crippen molar-refractivity contribution in [3.63, 3.8) is 0 Å². The summed E-state index contributed by atoms with van der Waals surface area (Å²) in [5, 5.41) is -0.129. The molecule has 0 bridgehead atoms. The van der Waals surface area contributed by atoms with Crippen LogP contribution < -0.4 is 10.5 Å². The Hall–Kier alpha value is -0.130. The van der Waals surface area contributed by atoms with Gasteiger partial charge in [0, 0.05) is 6.54 Å². The van der Waals surface area contributed by atoms with Gasteiger partial charge in [-0.3, -0.25) is 0 Å². The van der Waals surface area contributed by atoms with Gasteiger partial charge in [0.05, 0.1) is 5.25 Å². The normalized spacial score (nSPS) is 25.8. The summed E-state index contributed by atoms with van der Waals surface area (Å²) in [6.07, 6.45) is 4.83. The van der Waals surface area contributed by atoms with Crippen molar-refractivity contribution in [3.05, 3.63) is 0 Å². The van der Waals surface area contributed by atoms with Crippen LogP contribution in [0.2, 0.25) is 0 Å². The maximum absolute atomic E-state index is 11.7. The minimum absolute atomic E-state index is 0.0941. The molecule has 3 N–H and O–H groups in total. The van der Waals surface area contributed by atoms with Gasteiger partial charge in [-0.2, -0.15) is 0 Å². The van der Waals surface area contributed by atoms with Gasteiger partial charge in [-0.1, -0.05) is 6.42 Å². The lowest BCUT2D eigenvalue weighted by Gasteiger charge is -2.26. The Kier molecular flexibility index (Phi) is 2.57. The molecule has 5 heteroatoms. The topological polar surface area (TPSA) is 72.2 Å². The first kappa shape index (κ1) is 10.4. The molecule has 2 saturated carbocycles.